The molecule has 0 atom stereocenters. The van der Waals surface area contributed by atoms with Gasteiger partial charge in [-0.2, -0.15) is 4.80 Å². The number of tetrazole rings is 1. The van der Waals surface area contributed by atoms with Crippen molar-refractivity contribution in [2.75, 3.05) is 11.6 Å². The molecule has 0 saturated heterocycles. The summed E-state index contributed by atoms with van der Waals surface area (Å²) in [6.07, 6.45) is 1.13. The summed E-state index contributed by atoms with van der Waals surface area (Å²) in [5.74, 6) is 0.0926. The van der Waals surface area contributed by atoms with Gasteiger partial charge in [0.1, 0.15) is 6.54 Å². The number of sulfone groups is 1. The van der Waals surface area contributed by atoms with Crippen molar-refractivity contribution in [3.05, 3.63) is 54.6 Å². The number of amides is 1. The fraction of sp³-hybridized carbons (Fsp3) is 0.125. The minimum atomic E-state index is -3.27. The molecule has 128 valence electrons. The lowest BCUT2D eigenvalue weighted by Crippen LogP contribution is -2.20. The van der Waals surface area contributed by atoms with Crippen molar-refractivity contribution in [3.63, 3.8) is 0 Å². The van der Waals surface area contributed by atoms with Crippen molar-refractivity contribution in [2.45, 2.75) is 11.4 Å². The van der Waals surface area contributed by atoms with E-state index >= 15 is 0 Å². The van der Waals surface area contributed by atoms with Gasteiger partial charge in [-0.25, -0.2) is 8.42 Å². The molecular formula is C16H15N5O3S. The smallest absolute Gasteiger partial charge is 0.248 e. The van der Waals surface area contributed by atoms with E-state index in [9.17, 15) is 13.2 Å². The number of carbonyl (C=O) groups is 1. The second-order valence-electron chi connectivity index (χ2n) is 5.35. The van der Waals surface area contributed by atoms with E-state index in [-0.39, 0.29) is 17.3 Å². The molecule has 0 radical (unpaired) electrons. The Balaban J connectivity index is 1.64. The molecule has 0 aliphatic heterocycles. The first-order valence-corrected chi connectivity index (χ1v) is 9.24. The molecule has 0 aliphatic rings. The number of hydrogen-bond acceptors (Lipinski definition) is 6. The molecule has 3 aromatic rings. The summed E-state index contributed by atoms with van der Waals surface area (Å²) < 4.78 is 22.8. The highest BCUT2D eigenvalue weighted by Crippen LogP contribution is 2.14. The number of anilines is 1. The van der Waals surface area contributed by atoms with E-state index in [0.29, 0.717) is 11.5 Å². The number of rotatable bonds is 5. The van der Waals surface area contributed by atoms with Gasteiger partial charge in [0.25, 0.3) is 0 Å². The van der Waals surface area contributed by atoms with Crippen molar-refractivity contribution in [3.8, 4) is 11.4 Å². The molecule has 0 unspecified atom stereocenters. The third-order valence-electron chi connectivity index (χ3n) is 3.34. The zero-order valence-electron chi connectivity index (χ0n) is 13.3. The Morgan fingerprint density at radius 2 is 1.76 bits per heavy atom. The number of nitrogens with one attached hydrogen (secondary N) is 1. The van der Waals surface area contributed by atoms with E-state index in [0.717, 1.165) is 11.8 Å². The number of carbonyl (C=O) groups excluding carboxylic acids is 1. The summed E-state index contributed by atoms with van der Waals surface area (Å²) in [6.45, 7) is -0.104. The molecule has 25 heavy (non-hydrogen) atoms. The first-order chi connectivity index (χ1) is 11.9. The van der Waals surface area contributed by atoms with Crippen LogP contribution in [-0.2, 0) is 21.2 Å². The number of aromatic nitrogens is 4. The van der Waals surface area contributed by atoms with Crippen LogP contribution in [0.5, 0.6) is 0 Å². The first kappa shape index (κ1) is 16.8. The standard InChI is InChI=1S/C16H15N5O3S/c1-25(23,24)14-9-7-13(8-10-14)17-15(22)11-21-19-16(18-20-21)12-5-3-2-4-6-12/h2-10H,11H2,1H3,(H,17,22). The normalized spacial score (nSPS) is 11.2. The second-order valence-corrected chi connectivity index (χ2v) is 7.37. The Kier molecular flexibility index (Phi) is 4.57. The van der Waals surface area contributed by atoms with E-state index in [1.165, 1.54) is 29.1 Å². The van der Waals surface area contributed by atoms with Gasteiger partial charge in [-0.1, -0.05) is 30.3 Å². The van der Waals surface area contributed by atoms with Crippen LogP contribution in [0.4, 0.5) is 5.69 Å². The van der Waals surface area contributed by atoms with Crippen LogP contribution in [0.25, 0.3) is 11.4 Å². The van der Waals surface area contributed by atoms with Crippen LogP contribution in [0.1, 0.15) is 0 Å². The first-order valence-electron chi connectivity index (χ1n) is 7.35. The summed E-state index contributed by atoms with van der Waals surface area (Å²) in [5, 5.41) is 14.6. The van der Waals surface area contributed by atoms with Gasteiger partial charge in [-0.05, 0) is 29.5 Å². The van der Waals surface area contributed by atoms with Crippen LogP contribution in [0.2, 0.25) is 0 Å². The molecule has 1 heterocycles. The van der Waals surface area contributed by atoms with Crippen molar-refractivity contribution >= 4 is 21.4 Å². The van der Waals surface area contributed by atoms with Crippen LogP contribution < -0.4 is 5.32 Å². The summed E-state index contributed by atoms with van der Waals surface area (Å²) in [4.78, 5) is 13.4. The Morgan fingerprint density at radius 3 is 2.40 bits per heavy atom. The minimum absolute atomic E-state index is 0.104. The van der Waals surface area contributed by atoms with Crippen molar-refractivity contribution in [1.29, 1.82) is 0 Å². The van der Waals surface area contributed by atoms with Gasteiger partial charge in [-0.15, -0.1) is 10.2 Å². The summed E-state index contributed by atoms with van der Waals surface area (Å²) in [5.41, 5.74) is 1.30. The lowest BCUT2D eigenvalue weighted by molar-refractivity contribution is -0.117. The Hall–Kier alpha value is -3.07. The van der Waals surface area contributed by atoms with Gasteiger partial charge in [0.05, 0.1) is 4.90 Å². The van der Waals surface area contributed by atoms with Crippen LogP contribution in [0.3, 0.4) is 0 Å². The number of hydrogen-bond donors (Lipinski definition) is 1. The summed E-state index contributed by atoms with van der Waals surface area (Å²) in [7, 11) is -3.27. The molecule has 8 nitrogen and oxygen atoms in total. The number of nitrogens with zero attached hydrogens (tertiary/aromatic N) is 4. The van der Waals surface area contributed by atoms with E-state index < -0.39 is 9.84 Å². The van der Waals surface area contributed by atoms with Crippen LogP contribution >= 0.6 is 0 Å². The fourth-order valence-electron chi connectivity index (χ4n) is 2.13. The average Bonchev–Trinajstić information content (AvgIpc) is 3.03. The molecule has 1 aromatic heterocycles. The highest BCUT2D eigenvalue weighted by atomic mass is 32.2. The van der Waals surface area contributed by atoms with E-state index in [4.69, 9.17) is 0 Å². The van der Waals surface area contributed by atoms with Gasteiger partial charge >= 0.3 is 0 Å². The van der Waals surface area contributed by atoms with Crippen LogP contribution in [0, 0.1) is 0 Å². The number of benzene rings is 2. The molecule has 0 saturated carbocycles. The molecule has 0 fully saturated rings. The van der Waals surface area contributed by atoms with E-state index in [1.54, 1.807) is 0 Å². The Labute approximate surface area is 144 Å². The lowest BCUT2D eigenvalue weighted by Gasteiger charge is -2.05. The monoisotopic (exact) mass is 357 g/mol. The quantitative estimate of drug-likeness (QED) is 0.739. The van der Waals surface area contributed by atoms with Gasteiger partial charge in [0, 0.05) is 17.5 Å². The zero-order valence-corrected chi connectivity index (χ0v) is 14.1. The molecule has 0 aliphatic carbocycles. The largest absolute Gasteiger partial charge is 0.324 e. The predicted molar refractivity (Wildman–Crippen MR) is 91.4 cm³/mol. The minimum Gasteiger partial charge on any atom is -0.324 e. The van der Waals surface area contributed by atoms with Crippen molar-refractivity contribution < 1.29 is 13.2 Å². The molecule has 1 amide bonds. The molecule has 0 bridgehead atoms. The van der Waals surface area contributed by atoms with Gasteiger partial charge in [0.2, 0.25) is 11.7 Å². The third-order valence-corrected chi connectivity index (χ3v) is 4.46. The molecular weight excluding hydrogens is 342 g/mol. The molecule has 3 rings (SSSR count). The molecule has 9 heteroatoms. The van der Waals surface area contributed by atoms with Crippen LogP contribution in [0.15, 0.2) is 59.5 Å². The molecule has 1 N–H and O–H groups in total. The maximum atomic E-state index is 12.1. The second kappa shape index (κ2) is 6.81. The summed E-state index contributed by atoms with van der Waals surface area (Å²) >= 11 is 0. The lowest BCUT2D eigenvalue weighted by atomic mass is 10.2. The maximum Gasteiger partial charge on any atom is 0.248 e. The Morgan fingerprint density at radius 1 is 1.08 bits per heavy atom. The Bertz CT molecular complexity index is 982. The van der Waals surface area contributed by atoms with Gasteiger partial charge in [0.15, 0.2) is 9.84 Å². The zero-order chi connectivity index (χ0) is 17.9. The van der Waals surface area contributed by atoms with E-state index in [1.807, 2.05) is 30.3 Å². The summed E-state index contributed by atoms with van der Waals surface area (Å²) in [6, 6.07) is 15.2. The third kappa shape index (κ3) is 4.27. The predicted octanol–water partition coefficient (Wildman–Crippen LogP) is 1.38. The van der Waals surface area contributed by atoms with Crippen molar-refractivity contribution in [2.24, 2.45) is 0 Å². The van der Waals surface area contributed by atoms with Crippen LogP contribution in [-0.4, -0.2) is 40.8 Å². The molecule has 0 spiro atoms. The topological polar surface area (TPSA) is 107 Å². The van der Waals surface area contributed by atoms with E-state index in [2.05, 4.69) is 20.7 Å². The fourth-order valence-corrected chi connectivity index (χ4v) is 2.76. The maximum absolute atomic E-state index is 12.1. The average molecular weight is 357 g/mol. The van der Waals surface area contributed by atoms with Crippen molar-refractivity contribution in [1.82, 2.24) is 20.2 Å². The highest BCUT2D eigenvalue weighted by molar-refractivity contribution is 7.90. The molecule has 2 aromatic carbocycles. The van der Waals surface area contributed by atoms with Gasteiger partial charge < -0.3 is 5.32 Å². The van der Waals surface area contributed by atoms with Gasteiger partial charge in [-0.3, -0.25) is 4.79 Å². The highest BCUT2D eigenvalue weighted by Gasteiger charge is 2.10. The SMILES string of the molecule is CS(=O)(=O)c1ccc(NC(=O)Cn2nnc(-c3ccccc3)n2)cc1.